The van der Waals surface area contributed by atoms with E-state index in [-0.39, 0.29) is 0 Å². The molecule has 0 saturated carbocycles. The van der Waals surface area contributed by atoms with Crippen LogP contribution in [-0.2, 0) is 13.0 Å². The standard InChI is InChI=1S/C7H9N3S/c1-9-4-6-5-11-7(10-6)2-3-8/h5,9H,2,4H2,1H3. The van der Waals surface area contributed by atoms with Gasteiger partial charge in [0, 0.05) is 11.9 Å². The topological polar surface area (TPSA) is 48.7 Å². The van der Waals surface area contributed by atoms with Crippen molar-refractivity contribution in [3.63, 3.8) is 0 Å². The number of nitrogens with zero attached hydrogens (tertiary/aromatic N) is 2. The van der Waals surface area contributed by atoms with Crippen LogP contribution in [0, 0.1) is 11.3 Å². The number of aromatic nitrogens is 1. The Morgan fingerprint density at radius 2 is 2.64 bits per heavy atom. The molecule has 0 aliphatic rings. The number of rotatable bonds is 3. The Balaban J connectivity index is 2.60. The Kier molecular flexibility index (Phi) is 3.02. The van der Waals surface area contributed by atoms with Gasteiger partial charge in [-0.2, -0.15) is 5.26 Å². The molecule has 0 atom stereocenters. The minimum Gasteiger partial charge on any atom is -0.314 e. The van der Waals surface area contributed by atoms with Crippen molar-refractivity contribution in [2.75, 3.05) is 7.05 Å². The van der Waals surface area contributed by atoms with E-state index in [1.54, 1.807) is 11.3 Å². The maximum absolute atomic E-state index is 8.36. The molecule has 1 aromatic heterocycles. The molecular weight excluding hydrogens is 158 g/mol. The zero-order valence-electron chi connectivity index (χ0n) is 6.29. The maximum atomic E-state index is 8.36. The molecule has 0 amide bonds. The van der Waals surface area contributed by atoms with Crippen LogP contribution in [0.3, 0.4) is 0 Å². The first-order valence-electron chi connectivity index (χ1n) is 3.31. The van der Waals surface area contributed by atoms with Crippen molar-refractivity contribution >= 4 is 11.3 Å². The van der Waals surface area contributed by atoms with Crippen molar-refractivity contribution in [2.45, 2.75) is 13.0 Å². The molecule has 0 bridgehead atoms. The number of hydrogen-bond donors (Lipinski definition) is 1. The highest BCUT2D eigenvalue weighted by Crippen LogP contribution is 2.09. The van der Waals surface area contributed by atoms with Crippen LogP contribution in [0.25, 0.3) is 0 Å². The Morgan fingerprint density at radius 3 is 3.27 bits per heavy atom. The molecule has 3 nitrogen and oxygen atoms in total. The molecule has 11 heavy (non-hydrogen) atoms. The van der Waals surface area contributed by atoms with Gasteiger partial charge in [0.05, 0.1) is 18.2 Å². The van der Waals surface area contributed by atoms with Crippen molar-refractivity contribution in [3.8, 4) is 6.07 Å². The number of hydrogen-bond acceptors (Lipinski definition) is 4. The predicted molar refractivity (Wildman–Crippen MR) is 44.2 cm³/mol. The van der Waals surface area contributed by atoms with E-state index in [2.05, 4.69) is 16.4 Å². The SMILES string of the molecule is CNCc1csc(CC#N)n1. The largest absolute Gasteiger partial charge is 0.314 e. The van der Waals surface area contributed by atoms with E-state index < -0.39 is 0 Å². The summed E-state index contributed by atoms with van der Waals surface area (Å²) in [6, 6.07) is 2.07. The van der Waals surface area contributed by atoms with Gasteiger partial charge in [0.15, 0.2) is 0 Å². The first-order chi connectivity index (χ1) is 5.36. The van der Waals surface area contributed by atoms with Crippen LogP contribution >= 0.6 is 11.3 Å². The van der Waals surface area contributed by atoms with E-state index in [0.29, 0.717) is 6.42 Å². The van der Waals surface area contributed by atoms with E-state index in [0.717, 1.165) is 17.2 Å². The average molecular weight is 167 g/mol. The molecule has 1 aromatic rings. The highest BCUT2D eigenvalue weighted by atomic mass is 32.1. The minimum atomic E-state index is 0.425. The molecule has 1 rings (SSSR count). The monoisotopic (exact) mass is 167 g/mol. The van der Waals surface area contributed by atoms with Gasteiger partial charge in [-0.05, 0) is 7.05 Å². The summed E-state index contributed by atoms with van der Waals surface area (Å²) in [5, 5.41) is 14.2. The second-order valence-corrected chi connectivity index (χ2v) is 3.04. The molecule has 0 spiro atoms. The molecule has 1 N–H and O–H groups in total. The summed E-state index contributed by atoms with van der Waals surface area (Å²) < 4.78 is 0. The molecule has 0 radical (unpaired) electrons. The fraction of sp³-hybridized carbons (Fsp3) is 0.429. The molecule has 1 heterocycles. The van der Waals surface area contributed by atoms with Crippen molar-refractivity contribution in [3.05, 3.63) is 16.1 Å². The lowest BCUT2D eigenvalue weighted by Gasteiger charge is -1.89. The van der Waals surface area contributed by atoms with E-state index in [4.69, 9.17) is 5.26 Å². The lowest BCUT2D eigenvalue weighted by Crippen LogP contribution is -2.05. The molecular formula is C7H9N3S. The van der Waals surface area contributed by atoms with Gasteiger partial charge in [0.2, 0.25) is 0 Å². The molecule has 0 unspecified atom stereocenters. The van der Waals surface area contributed by atoms with Crippen LogP contribution in [0.15, 0.2) is 5.38 Å². The Morgan fingerprint density at radius 1 is 1.82 bits per heavy atom. The summed E-state index contributed by atoms with van der Waals surface area (Å²) in [7, 11) is 1.88. The van der Waals surface area contributed by atoms with Crippen LogP contribution in [-0.4, -0.2) is 12.0 Å². The Hall–Kier alpha value is -0.920. The third-order valence-electron chi connectivity index (χ3n) is 1.19. The van der Waals surface area contributed by atoms with Crippen LogP contribution in [0.5, 0.6) is 0 Å². The fourth-order valence-electron chi connectivity index (χ4n) is 0.760. The van der Waals surface area contributed by atoms with Crippen LogP contribution < -0.4 is 5.32 Å². The number of thiazole rings is 1. The summed E-state index contributed by atoms with van der Waals surface area (Å²) in [5.41, 5.74) is 1.02. The molecule has 0 aliphatic heterocycles. The smallest absolute Gasteiger partial charge is 0.107 e. The second kappa shape index (κ2) is 4.06. The quantitative estimate of drug-likeness (QED) is 0.728. The summed E-state index contributed by atoms with van der Waals surface area (Å²) in [6.07, 6.45) is 0.425. The van der Waals surface area contributed by atoms with Gasteiger partial charge in [0.1, 0.15) is 5.01 Å². The van der Waals surface area contributed by atoms with E-state index in [1.165, 1.54) is 0 Å². The zero-order chi connectivity index (χ0) is 8.10. The molecule has 58 valence electrons. The van der Waals surface area contributed by atoms with Gasteiger partial charge in [-0.25, -0.2) is 4.98 Å². The van der Waals surface area contributed by atoms with E-state index in [9.17, 15) is 0 Å². The van der Waals surface area contributed by atoms with Crippen LogP contribution in [0.4, 0.5) is 0 Å². The number of nitriles is 1. The fourth-order valence-corrected chi connectivity index (χ4v) is 1.49. The van der Waals surface area contributed by atoms with Crippen molar-refractivity contribution in [1.29, 1.82) is 5.26 Å². The van der Waals surface area contributed by atoms with Gasteiger partial charge >= 0.3 is 0 Å². The van der Waals surface area contributed by atoms with Crippen molar-refractivity contribution in [1.82, 2.24) is 10.3 Å². The third-order valence-corrected chi connectivity index (χ3v) is 2.09. The minimum absolute atomic E-state index is 0.425. The van der Waals surface area contributed by atoms with E-state index in [1.807, 2.05) is 12.4 Å². The number of nitrogens with one attached hydrogen (secondary N) is 1. The normalized spacial score (nSPS) is 9.45. The summed E-state index contributed by atoms with van der Waals surface area (Å²) in [4.78, 5) is 4.22. The average Bonchev–Trinajstić information content (AvgIpc) is 2.38. The van der Waals surface area contributed by atoms with Gasteiger partial charge in [-0.15, -0.1) is 11.3 Å². The Labute approximate surface area is 69.7 Å². The maximum Gasteiger partial charge on any atom is 0.107 e. The van der Waals surface area contributed by atoms with Crippen molar-refractivity contribution in [2.24, 2.45) is 0 Å². The summed E-state index contributed by atoms with van der Waals surface area (Å²) >= 11 is 1.54. The first kappa shape index (κ1) is 8.18. The highest BCUT2D eigenvalue weighted by Gasteiger charge is 1.98. The van der Waals surface area contributed by atoms with Gasteiger partial charge < -0.3 is 5.32 Å². The van der Waals surface area contributed by atoms with Crippen molar-refractivity contribution < 1.29 is 0 Å². The van der Waals surface area contributed by atoms with Gasteiger partial charge in [-0.1, -0.05) is 0 Å². The summed E-state index contributed by atoms with van der Waals surface area (Å²) in [5.74, 6) is 0. The van der Waals surface area contributed by atoms with Gasteiger partial charge in [-0.3, -0.25) is 0 Å². The first-order valence-corrected chi connectivity index (χ1v) is 4.19. The highest BCUT2D eigenvalue weighted by molar-refractivity contribution is 7.09. The molecule has 0 aromatic carbocycles. The molecule has 0 saturated heterocycles. The molecule has 0 fully saturated rings. The summed E-state index contributed by atoms with van der Waals surface area (Å²) in [6.45, 7) is 0.780. The lowest BCUT2D eigenvalue weighted by molar-refractivity contribution is 0.794. The second-order valence-electron chi connectivity index (χ2n) is 2.10. The Bertz CT molecular complexity index is 261. The molecule has 0 aliphatic carbocycles. The van der Waals surface area contributed by atoms with Crippen LogP contribution in [0.2, 0.25) is 0 Å². The van der Waals surface area contributed by atoms with Gasteiger partial charge in [0.25, 0.3) is 0 Å². The van der Waals surface area contributed by atoms with E-state index >= 15 is 0 Å². The van der Waals surface area contributed by atoms with Crippen LogP contribution in [0.1, 0.15) is 10.7 Å². The third kappa shape index (κ3) is 2.30. The lowest BCUT2D eigenvalue weighted by atomic mass is 10.4. The molecule has 4 heteroatoms. The zero-order valence-corrected chi connectivity index (χ0v) is 7.11. The predicted octanol–water partition coefficient (Wildman–Crippen LogP) is 0.929.